The number of hydrogen-bond acceptors (Lipinski definition) is 1. The molecular weight excluding hydrogens is 241 g/mol. The fourth-order valence-electron chi connectivity index (χ4n) is 3.26. The van der Waals surface area contributed by atoms with Crippen molar-refractivity contribution in [1.29, 1.82) is 0 Å². The topological polar surface area (TPSA) is 29.1 Å². The van der Waals surface area contributed by atoms with E-state index in [2.05, 4.69) is 19.2 Å². The number of hydrogen-bond donors (Lipinski definition) is 1. The molecule has 19 heavy (non-hydrogen) atoms. The maximum atomic E-state index is 14.2. The van der Waals surface area contributed by atoms with Crippen LogP contribution in [0.15, 0.2) is 24.3 Å². The quantitative estimate of drug-likeness (QED) is 0.886. The van der Waals surface area contributed by atoms with E-state index in [-0.39, 0.29) is 17.8 Å². The zero-order valence-electron chi connectivity index (χ0n) is 11.9. The molecule has 1 amide bonds. The lowest BCUT2D eigenvalue weighted by atomic mass is 9.70. The molecule has 0 bridgehead atoms. The molecule has 0 saturated carbocycles. The van der Waals surface area contributed by atoms with Crippen LogP contribution < -0.4 is 5.32 Å². The summed E-state index contributed by atoms with van der Waals surface area (Å²) in [6, 6.07) is 6.89. The maximum Gasteiger partial charge on any atom is 0.221 e. The average molecular weight is 263 g/mol. The zero-order chi connectivity index (χ0) is 14.0. The fourth-order valence-corrected chi connectivity index (χ4v) is 3.26. The standard InChI is InChI=1S/C16H22FNO/c1-4-16(12-7-5-6-8-13(12)17)10-15(19)18-14(16)9-11(2)3/h5-8,11,14H,4,9-10H2,1-3H3,(H,18,19). The molecule has 2 rings (SSSR count). The molecule has 0 spiro atoms. The van der Waals surface area contributed by atoms with Gasteiger partial charge >= 0.3 is 0 Å². The van der Waals surface area contributed by atoms with Crippen molar-refractivity contribution >= 4 is 5.91 Å². The summed E-state index contributed by atoms with van der Waals surface area (Å²) in [6.45, 7) is 6.30. The van der Waals surface area contributed by atoms with Gasteiger partial charge in [-0.2, -0.15) is 0 Å². The Morgan fingerprint density at radius 1 is 1.42 bits per heavy atom. The van der Waals surface area contributed by atoms with Crippen molar-refractivity contribution in [2.75, 3.05) is 0 Å². The van der Waals surface area contributed by atoms with Gasteiger partial charge in [0, 0.05) is 17.9 Å². The Morgan fingerprint density at radius 2 is 2.11 bits per heavy atom. The van der Waals surface area contributed by atoms with Crippen molar-refractivity contribution in [3.05, 3.63) is 35.6 Å². The Kier molecular flexibility index (Phi) is 3.93. The predicted molar refractivity (Wildman–Crippen MR) is 74.4 cm³/mol. The molecule has 0 aromatic heterocycles. The van der Waals surface area contributed by atoms with Gasteiger partial charge in [0.25, 0.3) is 0 Å². The van der Waals surface area contributed by atoms with Crippen molar-refractivity contribution in [3.8, 4) is 0 Å². The summed E-state index contributed by atoms with van der Waals surface area (Å²) in [4.78, 5) is 11.9. The van der Waals surface area contributed by atoms with Crippen LogP contribution in [0.25, 0.3) is 0 Å². The summed E-state index contributed by atoms with van der Waals surface area (Å²) in [7, 11) is 0. The minimum absolute atomic E-state index is 0.0295. The van der Waals surface area contributed by atoms with Crippen LogP contribution in [0.5, 0.6) is 0 Å². The van der Waals surface area contributed by atoms with Gasteiger partial charge < -0.3 is 5.32 Å². The lowest BCUT2D eigenvalue weighted by Crippen LogP contribution is -2.41. The first-order valence-corrected chi connectivity index (χ1v) is 7.04. The molecule has 1 aromatic carbocycles. The highest BCUT2D eigenvalue weighted by Crippen LogP contribution is 2.42. The third kappa shape index (κ3) is 2.51. The fraction of sp³-hybridized carbons (Fsp3) is 0.562. The lowest BCUT2D eigenvalue weighted by molar-refractivity contribution is -0.119. The second-order valence-electron chi connectivity index (χ2n) is 5.92. The molecule has 0 radical (unpaired) electrons. The van der Waals surface area contributed by atoms with Gasteiger partial charge in [-0.3, -0.25) is 4.79 Å². The van der Waals surface area contributed by atoms with Gasteiger partial charge in [-0.25, -0.2) is 4.39 Å². The molecule has 1 saturated heterocycles. The Balaban J connectivity index is 2.45. The predicted octanol–water partition coefficient (Wildman–Crippen LogP) is 3.41. The minimum Gasteiger partial charge on any atom is -0.352 e. The van der Waals surface area contributed by atoms with Gasteiger partial charge in [-0.15, -0.1) is 0 Å². The van der Waals surface area contributed by atoms with E-state index in [9.17, 15) is 9.18 Å². The van der Waals surface area contributed by atoms with Crippen molar-refractivity contribution in [1.82, 2.24) is 5.32 Å². The number of benzene rings is 1. The molecule has 1 heterocycles. The second kappa shape index (κ2) is 5.32. The minimum atomic E-state index is -0.396. The van der Waals surface area contributed by atoms with Crippen molar-refractivity contribution in [2.45, 2.75) is 51.5 Å². The smallest absolute Gasteiger partial charge is 0.221 e. The molecule has 1 N–H and O–H groups in total. The van der Waals surface area contributed by atoms with Gasteiger partial charge in [0.15, 0.2) is 0 Å². The SMILES string of the molecule is CCC1(c2ccccc2F)CC(=O)NC1CC(C)C. The summed E-state index contributed by atoms with van der Waals surface area (Å²) in [5, 5.41) is 3.05. The molecule has 1 fully saturated rings. The highest BCUT2D eigenvalue weighted by atomic mass is 19.1. The molecule has 104 valence electrons. The van der Waals surface area contributed by atoms with E-state index in [4.69, 9.17) is 0 Å². The van der Waals surface area contributed by atoms with Crippen molar-refractivity contribution in [3.63, 3.8) is 0 Å². The van der Waals surface area contributed by atoms with Gasteiger partial charge in [0.05, 0.1) is 0 Å². The van der Waals surface area contributed by atoms with Crippen molar-refractivity contribution in [2.24, 2.45) is 5.92 Å². The summed E-state index contributed by atoms with van der Waals surface area (Å²) >= 11 is 0. The monoisotopic (exact) mass is 263 g/mol. The molecule has 1 aromatic rings. The van der Waals surface area contributed by atoms with Crippen molar-refractivity contribution < 1.29 is 9.18 Å². The number of halogens is 1. The Morgan fingerprint density at radius 3 is 2.68 bits per heavy atom. The summed E-state index contributed by atoms with van der Waals surface area (Å²) in [5.74, 6) is 0.312. The molecule has 0 aliphatic carbocycles. The van der Waals surface area contributed by atoms with E-state index in [1.165, 1.54) is 6.07 Å². The van der Waals surface area contributed by atoms with Crippen LogP contribution in [0, 0.1) is 11.7 Å². The Labute approximate surface area is 114 Å². The number of nitrogens with one attached hydrogen (secondary N) is 1. The third-order valence-corrected chi connectivity index (χ3v) is 4.23. The van der Waals surface area contributed by atoms with E-state index < -0.39 is 5.41 Å². The van der Waals surface area contributed by atoms with Crippen LogP contribution in [-0.4, -0.2) is 11.9 Å². The average Bonchev–Trinajstić information content (AvgIpc) is 2.66. The number of rotatable bonds is 4. The summed E-state index contributed by atoms with van der Waals surface area (Å²) in [5.41, 5.74) is 0.286. The molecule has 1 aliphatic heterocycles. The van der Waals surface area contributed by atoms with Crippen LogP contribution in [0.1, 0.15) is 45.6 Å². The van der Waals surface area contributed by atoms with Gasteiger partial charge in [0.2, 0.25) is 5.91 Å². The summed E-state index contributed by atoms with van der Waals surface area (Å²) in [6.07, 6.45) is 2.04. The molecule has 2 nitrogen and oxygen atoms in total. The first-order chi connectivity index (χ1) is 8.99. The summed E-state index contributed by atoms with van der Waals surface area (Å²) < 4.78 is 14.2. The number of amides is 1. The molecule has 2 unspecified atom stereocenters. The van der Waals surface area contributed by atoms with E-state index in [0.717, 1.165) is 12.8 Å². The van der Waals surface area contributed by atoms with Gasteiger partial charge in [0.1, 0.15) is 5.82 Å². The third-order valence-electron chi connectivity index (χ3n) is 4.23. The molecular formula is C16H22FNO. The van der Waals surface area contributed by atoms with E-state index in [0.29, 0.717) is 17.9 Å². The Hall–Kier alpha value is -1.38. The van der Waals surface area contributed by atoms with Gasteiger partial charge in [-0.05, 0) is 30.4 Å². The van der Waals surface area contributed by atoms with E-state index >= 15 is 0 Å². The first-order valence-electron chi connectivity index (χ1n) is 7.04. The largest absolute Gasteiger partial charge is 0.352 e. The van der Waals surface area contributed by atoms with Crippen LogP contribution >= 0.6 is 0 Å². The Bertz CT molecular complexity index is 472. The highest BCUT2D eigenvalue weighted by molar-refractivity contribution is 5.81. The van der Waals surface area contributed by atoms with E-state index in [1.807, 2.05) is 19.1 Å². The molecule has 3 heteroatoms. The maximum absolute atomic E-state index is 14.2. The normalized spacial score (nSPS) is 26.8. The van der Waals surface area contributed by atoms with Crippen LogP contribution in [0.3, 0.4) is 0 Å². The second-order valence-corrected chi connectivity index (χ2v) is 5.92. The van der Waals surface area contributed by atoms with Crippen LogP contribution in [0.4, 0.5) is 4.39 Å². The zero-order valence-corrected chi connectivity index (χ0v) is 11.9. The molecule has 2 atom stereocenters. The first kappa shape index (κ1) is 14.0. The highest BCUT2D eigenvalue weighted by Gasteiger charge is 2.47. The lowest BCUT2D eigenvalue weighted by Gasteiger charge is -2.35. The van der Waals surface area contributed by atoms with E-state index in [1.54, 1.807) is 6.07 Å². The number of carbonyl (C=O) groups is 1. The van der Waals surface area contributed by atoms with Crippen LogP contribution in [-0.2, 0) is 10.2 Å². The number of carbonyl (C=O) groups excluding carboxylic acids is 1. The van der Waals surface area contributed by atoms with Crippen LogP contribution in [0.2, 0.25) is 0 Å². The van der Waals surface area contributed by atoms with Gasteiger partial charge in [-0.1, -0.05) is 39.0 Å². The molecule has 1 aliphatic rings.